The summed E-state index contributed by atoms with van der Waals surface area (Å²) in [5, 5.41) is 6.05. The summed E-state index contributed by atoms with van der Waals surface area (Å²) >= 11 is 12.6. The number of hydrogen-bond donors (Lipinski definition) is 0. The number of nitrogens with zero attached hydrogens (tertiary/aromatic N) is 3. The summed E-state index contributed by atoms with van der Waals surface area (Å²) in [6.45, 7) is 4.23. The molecule has 2 aromatic carbocycles. The predicted octanol–water partition coefficient (Wildman–Crippen LogP) is 6.65. The van der Waals surface area contributed by atoms with Crippen LogP contribution in [0.15, 0.2) is 71.0 Å². The summed E-state index contributed by atoms with van der Waals surface area (Å²) in [5.41, 5.74) is 5.11. The first-order chi connectivity index (χ1) is 17.9. The lowest BCUT2D eigenvalue weighted by molar-refractivity contribution is -0.139. The van der Waals surface area contributed by atoms with E-state index in [0.29, 0.717) is 40.0 Å². The maximum atomic E-state index is 13.4. The van der Waals surface area contributed by atoms with Gasteiger partial charge in [0.2, 0.25) is 0 Å². The molecule has 0 bridgehead atoms. The quantitative estimate of drug-likeness (QED) is 0.331. The van der Waals surface area contributed by atoms with Crippen LogP contribution in [0.5, 0.6) is 0 Å². The van der Waals surface area contributed by atoms with Crippen molar-refractivity contribution in [3.63, 3.8) is 0 Å². The molecule has 6 nitrogen and oxygen atoms in total. The number of aromatic nitrogens is 2. The first-order valence-electron chi connectivity index (χ1n) is 12.4. The van der Waals surface area contributed by atoms with Crippen LogP contribution in [-0.2, 0) is 20.9 Å². The number of rotatable bonds is 6. The summed E-state index contributed by atoms with van der Waals surface area (Å²) in [4.78, 5) is 31.4. The maximum Gasteiger partial charge on any atom is 0.336 e. The van der Waals surface area contributed by atoms with Crippen molar-refractivity contribution in [1.82, 2.24) is 9.78 Å². The number of fused-ring (bicyclic) bond motifs is 1. The van der Waals surface area contributed by atoms with Gasteiger partial charge < -0.3 is 4.74 Å². The van der Waals surface area contributed by atoms with Crippen LogP contribution < -0.4 is 0 Å². The highest BCUT2D eigenvalue weighted by atomic mass is 35.5. The fraction of sp³-hybridized carbons (Fsp3) is 0.310. The third kappa shape index (κ3) is 5.00. The summed E-state index contributed by atoms with van der Waals surface area (Å²) < 4.78 is 7.27. The third-order valence-electron chi connectivity index (χ3n) is 6.92. The lowest BCUT2D eigenvalue weighted by Gasteiger charge is -2.35. The average Bonchev–Trinajstić information content (AvgIpc) is 3.29. The Labute approximate surface area is 225 Å². The van der Waals surface area contributed by atoms with Gasteiger partial charge >= 0.3 is 5.97 Å². The molecule has 1 aliphatic carbocycles. The topological polar surface area (TPSA) is 73.5 Å². The molecular formula is C29H27Cl2N3O3. The van der Waals surface area contributed by atoms with E-state index in [9.17, 15) is 9.59 Å². The van der Waals surface area contributed by atoms with Gasteiger partial charge in [-0.1, -0.05) is 59.6 Å². The van der Waals surface area contributed by atoms with Crippen molar-refractivity contribution in [3.8, 4) is 11.3 Å². The van der Waals surface area contributed by atoms with Crippen molar-refractivity contribution >= 4 is 40.7 Å². The molecule has 0 N–H and O–H groups in total. The number of Topliss-reactive ketones (excluding diaryl/α,β-unsaturated/α-hetero) is 1. The number of benzene rings is 2. The Morgan fingerprint density at radius 2 is 1.89 bits per heavy atom. The molecule has 1 aliphatic heterocycles. The Kier molecular flexibility index (Phi) is 7.31. The number of esters is 1. The van der Waals surface area contributed by atoms with Gasteiger partial charge in [-0.15, -0.1) is 0 Å². The van der Waals surface area contributed by atoms with Crippen LogP contribution in [0, 0.1) is 5.92 Å². The van der Waals surface area contributed by atoms with E-state index >= 15 is 0 Å². The van der Waals surface area contributed by atoms with E-state index in [1.165, 1.54) is 0 Å². The zero-order chi connectivity index (χ0) is 26.1. The molecule has 8 heteroatoms. The Bertz CT molecular complexity index is 1430. The molecule has 37 heavy (non-hydrogen) atoms. The second kappa shape index (κ2) is 10.6. The Morgan fingerprint density at radius 1 is 1.11 bits per heavy atom. The highest BCUT2D eigenvalue weighted by Crippen LogP contribution is 2.45. The van der Waals surface area contributed by atoms with Crippen molar-refractivity contribution < 1.29 is 14.3 Å². The first-order valence-corrected chi connectivity index (χ1v) is 13.2. The van der Waals surface area contributed by atoms with E-state index in [1.807, 2.05) is 54.2 Å². The minimum absolute atomic E-state index is 0.0943. The molecule has 1 fully saturated rings. The molecule has 0 saturated heterocycles. The molecule has 2 heterocycles. The summed E-state index contributed by atoms with van der Waals surface area (Å²) in [7, 11) is 0. The molecular weight excluding hydrogens is 509 g/mol. The van der Waals surface area contributed by atoms with Gasteiger partial charge in [0.25, 0.3) is 0 Å². The average molecular weight is 536 g/mol. The number of carbonyl (C=O) groups is 2. The summed E-state index contributed by atoms with van der Waals surface area (Å²) in [6.07, 6.45) is 3.89. The highest BCUT2D eigenvalue weighted by molar-refractivity contribution is 6.35. The standard InChI is InChI=1S/C29H27Cl2N3O3/c1-3-37-29(36)25-17(2)32-23-10-7-11-24(35)27(23)26(25)21-16-34(15-19-12-13-20(30)14-22(19)31)33-28(21)18-8-5-4-6-9-18/h4-6,8-9,12-14,16,26-27H,3,7,10-11,15H2,1-2H3. The van der Waals surface area contributed by atoms with Crippen LogP contribution in [0.2, 0.25) is 10.0 Å². The zero-order valence-electron chi connectivity index (χ0n) is 20.7. The van der Waals surface area contributed by atoms with Gasteiger partial charge in [-0.2, -0.15) is 5.10 Å². The molecule has 0 radical (unpaired) electrons. The van der Waals surface area contributed by atoms with Crippen LogP contribution in [0.4, 0.5) is 0 Å². The maximum absolute atomic E-state index is 13.4. The second-order valence-corrected chi connectivity index (χ2v) is 10.2. The predicted molar refractivity (Wildman–Crippen MR) is 145 cm³/mol. The van der Waals surface area contributed by atoms with Crippen LogP contribution in [0.25, 0.3) is 11.3 Å². The first kappa shape index (κ1) is 25.4. The minimum Gasteiger partial charge on any atom is -0.463 e. The SMILES string of the molecule is CCOC(=O)C1=C(C)N=C2CCCC(=O)C2C1c1cn(Cc2ccc(Cl)cc2Cl)nc1-c1ccccc1. The van der Waals surface area contributed by atoms with Gasteiger partial charge in [-0.05, 0) is 44.4 Å². The number of halogens is 2. The monoisotopic (exact) mass is 535 g/mol. The number of carbonyl (C=O) groups excluding carboxylic acids is 2. The normalized spacial score (nSPS) is 19.5. The van der Waals surface area contributed by atoms with Crippen LogP contribution in [-0.4, -0.2) is 33.9 Å². The largest absolute Gasteiger partial charge is 0.463 e. The number of hydrogen-bond acceptors (Lipinski definition) is 5. The van der Waals surface area contributed by atoms with Gasteiger partial charge in [0.1, 0.15) is 5.78 Å². The van der Waals surface area contributed by atoms with Gasteiger partial charge in [-0.3, -0.25) is 14.5 Å². The molecule has 1 saturated carbocycles. The lowest BCUT2D eigenvalue weighted by atomic mass is 9.69. The molecule has 5 rings (SSSR count). The van der Waals surface area contributed by atoms with Gasteiger partial charge in [0, 0.05) is 51.1 Å². The summed E-state index contributed by atoms with van der Waals surface area (Å²) in [5.74, 6) is -1.41. The number of allylic oxidation sites excluding steroid dienone is 1. The van der Waals surface area contributed by atoms with Crippen molar-refractivity contribution in [2.24, 2.45) is 10.9 Å². The molecule has 1 aromatic heterocycles. The van der Waals surface area contributed by atoms with E-state index in [2.05, 4.69) is 0 Å². The van der Waals surface area contributed by atoms with Crippen LogP contribution in [0.3, 0.4) is 0 Å². The Hall–Kier alpha value is -3.22. The van der Waals surface area contributed by atoms with Crippen molar-refractivity contribution in [1.29, 1.82) is 0 Å². The minimum atomic E-state index is -0.538. The smallest absolute Gasteiger partial charge is 0.336 e. The fourth-order valence-electron chi connectivity index (χ4n) is 5.32. The van der Waals surface area contributed by atoms with E-state index in [4.69, 9.17) is 38.0 Å². The molecule has 2 unspecified atom stereocenters. The van der Waals surface area contributed by atoms with E-state index < -0.39 is 17.8 Å². The molecule has 0 spiro atoms. The van der Waals surface area contributed by atoms with Crippen LogP contribution in [0.1, 0.15) is 50.2 Å². The molecule has 3 aromatic rings. The number of ketones is 1. The van der Waals surface area contributed by atoms with Gasteiger partial charge in [0.05, 0.1) is 30.3 Å². The molecule has 2 aliphatic rings. The van der Waals surface area contributed by atoms with E-state index in [0.717, 1.165) is 35.2 Å². The van der Waals surface area contributed by atoms with E-state index in [-0.39, 0.29) is 12.4 Å². The van der Waals surface area contributed by atoms with Crippen molar-refractivity contribution in [2.45, 2.75) is 45.6 Å². The van der Waals surface area contributed by atoms with Crippen LogP contribution >= 0.6 is 23.2 Å². The second-order valence-electron chi connectivity index (χ2n) is 9.33. The Morgan fingerprint density at radius 3 is 2.62 bits per heavy atom. The van der Waals surface area contributed by atoms with Gasteiger partial charge in [0.15, 0.2) is 0 Å². The lowest BCUT2D eigenvalue weighted by Crippen LogP contribution is -2.39. The molecule has 190 valence electrons. The van der Waals surface area contributed by atoms with Crippen molar-refractivity contribution in [3.05, 3.63) is 87.2 Å². The Balaban J connectivity index is 1.69. The number of ether oxygens (including phenoxy) is 1. The number of aliphatic imine (C=N–C) groups is 1. The molecule has 0 amide bonds. The zero-order valence-corrected chi connectivity index (χ0v) is 22.2. The van der Waals surface area contributed by atoms with Crippen molar-refractivity contribution in [2.75, 3.05) is 6.61 Å². The molecule has 2 atom stereocenters. The van der Waals surface area contributed by atoms with Gasteiger partial charge in [-0.25, -0.2) is 4.79 Å². The summed E-state index contributed by atoms with van der Waals surface area (Å²) in [6, 6.07) is 15.2. The highest BCUT2D eigenvalue weighted by Gasteiger charge is 2.45. The third-order valence-corrected chi connectivity index (χ3v) is 7.51. The fourth-order valence-corrected chi connectivity index (χ4v) is 5.79. The van der Waals surface area contributed by atoms with E-state index in [1.54, 1.807) is 19.1 Å².